The summed E-state index contributed by atoms with van der Waals surface area (Å²) in [5, 5.41) is 10.7. The van der Waals surface area contributed by atoms with Gasteiger partial charge in [0.25, 0.3) is 5.18 Å². The minimum absolute atomic E-state index is 1.21. The van der Waals surface area contributed by atoms with Gasteiger partial charge in [0.1, 0.15) is 0 Å². The molecule has 1 heterocycles. The maximum absolute atomic E-state index is 8.84. The number of hydroxylamine groups is 1. The first kappa shape index (κ1) is 7.49. The summed E-state index contributed by atoms with van der Waals surface area (Å²) in [6.07, 6.45) is 0. The fourth-order valence-electron chi connectivity index (χ4n) is 0.240. The van der Waals surface area contributed by atoms with Crippen molar-refractivity contribution in [1.29, 1.82) is 0 Å². The van der Waals surface area contributed by atoms with Crippen LogP contribution in [-0.2, 0) is 14.9 Å². The summed E-state index contributed by atoms with van der Waals surface area (Å²) in [5.41, 5.74) is 0.635. The Morgan fingerprint density at radius 2 is 2.33 bits per heavy atom. The number of halogens is 2. The molecule has 2 unspecified atom stereocenters. The largest absolute Gasteiger partial charge is 0.358 e. The molecule has 2 N–H and O–H groups in total. The van der Waals surface area contributed by atoms with E-state index >= 15 is 0 Å². The number of aliphatic hydroxyl groups is 1. The molecule has 0 radical (unpaired) electrons. The lowest BCUT2D eigenvalue weighted by Crippen LogP contribution is -2.52. The zero-order valence-corrected chi connectivity index (χ0v) is 5.52. The second-order valence-corrected chi connectivity index (χ2v) is 2.31. The van der Waals surface area contributed by atoms with E-state index in [9.17, 15) is 0 Å². The van der Waals surface area contributed by atoms with E-state index in [4.69, 9.17) is 28.3 Å². The van der Waals surface area contributed by atoms with Gasteiger partial charge in [-0.15, -0.1) is 10.5 Å². The summed E-state index contributed by atoms with van der Waals surface area (Å²) in [7, 11) is 0. The van der Waals surface area contributed by atoms with Crippen LogP contribution in [0.1, 0.15) is 0 Å². The molecule has 1 aliphatic heterocycles. The molecule has 1 aliphatic rings. The number of rotatable bonds is 0. The first-order valence-corrected chi connectivity index (χ1v) is 2.76. The van der Waals surface area contributed by atoms with Gasteiger partial charge in [0.15, 0.2) is 0 Å². The molecule has 7 heteroatoms. The Morgan fingerprint density at radius 1 is 1.67 bits per heavy atom. The Morgan fingerprint density at radius 3 is 2.67 bits per heavy atom. The van der Waals surface area contributed by atoms with Gasteiger partial charge in [-0.05, 0) is 5.04 Å². The SMILES string of the molecule is OC1(Cl)NOOOC1Cl. The van der Waals surface area contributed by atoms with Gasteiger partial charge in [-0.3, -0.25) is 0 Å². The molecule has 2 atom stereocenters. The standard InChI is InChI=1S/C2H3Cl2NO4/c3-1-2(4,6)5-8-9-7-1/h1,5-6H. The van der Waals surface area contributed by atoms with Gasteiger partial charge in [-0.25, -0.2) is 0 Å². The summed E-state index contributed by atoms with van der Waals surface area (Å²) in [5.74, 6) is 0. The van der Waals surface area contributed by atoms with E-state index in [0.29, 0.717) is 0 Å². The van der Waals surface area contributed by atoms with Crippen LogP contribution in [0.5, 0.6) is 0 Å². The topological polar surface area (TPSA) is 60.0 Å². The Labute approximate surface area is 60.2 Å². The van der Waals surface area contributed by atoms with Crippen LogP contribution in [0, 0.1) is 0 Å². The van der Waals surface area contributed by atoms with Crippen molar-refractivity contribution in [3.05, 3.63) is 0 Å². The van der Waals surface area contributed by atoms with Gasteiger partial charge in [0.05, 0.1) is 0 Å². The van der Waals surface area contributed by atoms with Crippen molar-refractivity contribution in [2.24, 2.45) is 0 Å². The summed E-state index contributed by atoms with van der Waals surface area (Å²) in [6.45, 7) is 0. The van der Waals surface area contributed by atoms with Crippen LogP contribution in [0.25, 0.3) is 0 Å². The second kappa shape index (κ2) is 2.55. The summed E-state index contributed by atoms with van der Waals surface area (Å²) >= 11 is 10.4. The fraction of sp³-hybridized carbons (Fsp3) is 1.00. The third kappa shape index (κ3) is 1.65. The highest BCUT2D eigenvalue weighted by Crippen LogP contribution is 2.22. The Hall–Kier alpha value is 0.380. The van der Waals surface area contributed by atoms with E-state index in [0.717, 1.165) is 0 Å². The smallest absolute Gasteiger partial charge is 0.262 e. The maximum atomic E-state index is 8.84. The fourth-order valence-corrected chi connectivity index (χ4v) is 0.382. The summed E-state index contributed by atoms with van der Waals surface area (Å²) in [6, 6.07) is 0. The average Bonchev–Trinajstić information content (AvgIpc) is 1.77. The quantitative estimate of drug-likeness (QED) is 0.305. The molecule has 1 rings (SSSR count). The van der Waals surface area contributed by atoms with Crippen molar-refractivity contribution in [2.75, 3.05) is 0 Å². The van der Waals surface area contributed by atoms with Gasteiger partial charge in [0, 0.05) is 0 Å². The predicted molar refractivity (Wildman–Crippen MR) is 26.8 cm³/mol. The molecule has 0 saturated carbocycles. The van der Waals surface area contributed by atoms with Gasteiger partial charge < -0.3 is 5.11 Å². The Balaban J connectivity index is 2.49. The van der Waals surface area contributed by atoms with Crippen LogP contribution >= 0.6 is 23.2 Å². The van der Waals surface area contributed by atoms with Crippen LogP contribution in [0.3, 0.4) is 0 Å². The van der Waals surface area contributed by atoms with E-state index in [-0.39, 0.29) is 0 Å². The zero-order chi connectivity index (χ0) is 6.91. The number of hydrogen-bond donors (Lipinski definition) is 2. The third-order valence-corrected chi connectivity index (χ3v) is 1.42. The summed E-state index contributed by atoms with van der Waals surface area (Å²) in [4.78, 5) is 8.01. The Bertz CT molecular complexity index is 109. The first-order valence-electron chi connectivity index (χ1n) is 1.94. The molecule has 0 amide bonds. The van der Waals surface area contributed by atoms with E-state index in [1.54, 1.807) is 0 Å². The lowest BCUT2D eigenvalue weighted by atomic mass is 10.6. The van der Waals surface area contributed by atoms with Crippen molar-refractivity contribution in [1.82, 2.24) is 5.48 Å². The third-order valence-electron chi connectivity index (χ3n) is 0.643. The zero-order valence-electron chi connectivity index (χ0n) is 4.01. The number of alkyl halides is 2. The Kier molecular flexibility index (Phi) is 2.12. The molecule has 0 aromatic carbocycles. The van der Waals surface area contributed by atoms with Crippen LogP contribution in [0.15, 0.2) is 0 Å². The lowest BCUT2D eigenvalue weighted by molar-refractivity contribution is -0.583. The molecule has 0 bridgehead atoms. The minimum atomic E-state index is -1.94. The molecular weight excluding hydrogens is 173 g/mol. The number of nitrogens with one attached hydrogen (secondary N) is 1. The van der Waals surface area contributed by atoms with E-state index in [1.807, 2.05) is 5.48 Å². The van der Waals surface area contributed by atoms with Crippen molar-refractivity contribution in [2.45, 2.75) is 10.7 Å². The molecule has 54 valence electrons. The molecule has 0 spiro atoms. The normalized spacial score (nSPS) is 45.0. The van der Waals surface area contributed by atoms with Crippen LogP contribution in [-0.4, -0.2) is 15.9 Å². The second-order valence-electron chi connectivity index (χ2n) is 1.34. The molecular formula is C2H3Cl2NO4. The maximum Gasteiger partial charge on any atom is 0.262 e. The van der Waals surface area contributed by atoms with Crippen LogP contribution < -0.4 is 5.48 Å². The molecule has 0 aliphatic carbocycles. The highest BCUT2D eigenvalue weighted by molar-refractivity contribution is 6.30. The molecule has 0 aromatic heterocycles. The average molecular weight is 176 g/mol. The molecule has 1 fully saturated rings. The van der Waals surface area contributed by atoms with E-state index < -0.39 is 10.7 Å². The van der Waals surface area contributed by atoms with Crippen LogP contribution in [0.4, 0.5) is 0 Å². The highest BCUT2D eigenvalue weighted by atomic mass is 35.5. The lowest BCUT2D eigenvalue weighted by Gasteiger charge is -2.27. The van der Waals surface area contributed by atoms with Crippen molar-refractivity contribution in [3.8, 4) is 0 Å². The van der Waals surface area contributed by atoms with Crippen molar-refractivity contribution in [3.63, 3.8) is 0 Å². The van der Waals surface area contributed by atoms with Gasteiger partial charge in [-0.1, -0.05) is 23.2 Å². The number of hydrogen-bond acceptors (Lipinski definition) is 5. The van der Waals surface area contributed by atoms with Gasteiger partial charge >= 0.3 is 0 Å². The first-order chi connectivity index (χ1) is 4.13. The highest BCUT2D eigenvalue weighted by Gasteiger charge is 2.40. The molecule has 1 saturated heterocycles. The van der Waals surface area contributed by atoms with E-state index in [1.165, 1.54) is 0 Å². The van der Waals surface area contributed by atoms with Crippen molar-refractivity contribution < 1.29 is 20.0 Å². The monoisotopic (exact) mass is 175 g/mol. The molecule has 9 heavy (non-hydrogen) atoms. The van der Waals surface area contributed by atoms with Crippen molar-refractivity contribution >= 4 is 23.2 Å². The van der Waals surface area contributed by atoms with E-state index in [2.05, 4.69) is 14.9 Å². The van der Waals surface area contributed by atoms with Gasteiger partial charge in [0.2, 0.25) is 5.56 Å². The van der Waals surface area contributed by atoms with Gasteiger partial charge in [-0.2, -0.15) is 4.89 Å². The minimum Gasteiger partial charge on any atom is -0.358 e. The predicted octanol–water partition coefficient (Wildman–Crippen LogP) is -0.166. The molecule has 5 nitrogen and oxygen atoms in total. The molecule has 0 aromatic rings. The summed E-state index contributed by atoms with van der Waals surface area (Å²) < 4.78 is 0. The van der Waals surface area contributed by atoms with Crippen LogP contribution in [0.2, 0.25) is 0 Å².